The van der Waals surface area contributed by atoms with Gasteiger partial charge in [-0.15, -0.1) is 0 Å². The molecule has 0 saturated heterocycles. The lowest BCUT2D eigenvalue weighted by Gasteiger charge is -2.16. The van der Waals surface area contributed by atoms with Crippen LogP contribution < -0.4 is 0 Å². The van der Waals surface area contributed by atoms with Gasteiger partial charge in [0.2, 0.25) is 0 Å². The Kier molecular flexibility index (Phi) is 3.52. The molecule has 0 aliphatic rings. The molecule has 1 atom stereocenters. The molecule has 0 spiro atoms. The molecular formula is C13H11BrFNO2. The highest BCUT2D eigenvalue weighted by molar-refractivity contribution is 9.10. The van der Waals surface area contributed by atoms with Crippen molar-refractivity contribution in [1.82, 2.24) is 4.57 Å². The molecular weight excluding hydrogens is 301 g/mol. The molecule has 0 fully saturated rings. The Balaban J connectivity index is 2.42. The van der Waals surface area contributed by atoms with E-state index in [1.807, 2.05) is 6.92 Å². The summed E-state index contributed by atoms with van der Waals surface area (Å²) in [5, 5.41) is 9.12. The van der Waals surface area contributed by atoms with Crippen LogP contribution in [-0.2, 0) is 0 Å². The van der Waals surface area contributed by atoms with Crippen LogP contribution in [0.15, 0.2) is 41.0 Å². The number of rotatable bonds is 3. The van der Waals surface area contributed by atoms with Gasteiger partial charge in [-0.1, -0.05) is 12.1 Å². The van der Waals surface area contributed by atoms with Crippen LogP contribution in [0.4, 0.5) is 4.39 Å². The normalized spacial score (nSPS) is 12.4. The summed E-state index contributed by atoms with van der Waals surface area (Å²) in [6.07, 6.45) is 1.71. The molecule has 0 bridgehead atoms. The smallest absolute Gasteiger partial charge is 0.352 e. The van der Waals surface area contributed by atoms with Crippen molar-refractivity contribution in [2.75, 3.05) is 0 Å². The molecule has 1 heterocycles. The Bertz CT molecular complexity index is 577. The molecule has 1 aromatic heterocycles. The number of hydrogen-bond acceptors (Lipinski definition) is 1. The number of hydrogen-bond donors (Lipinski definition) is 1. The van der Waals surface area contributed by atoms with E-state index in [4.69, 9.17) is 5.11 Å². The lowest BCUT2D eigenvalue weighted by atomic mass is 10.1. The Hall–Kier alpha value is -1.62. The van der Waals surface area contributed by atoms with Crippen LogP contribution in [0.3, 0.4) is 0 Å². The van der Waals surface area contributed by atoms with Gasteiger partial charge < -0.3 is 9.67 Å². The summed E-state index contributed by atoms with van der Waals surface area (Å²) < 4.78 is 15.2. The predicted octanol–water partition coefficient (Wildman–Crippen LogP) is 3.70. The highest BCUT2D eigenvalue weighted by Gasteiger charge is 2.17. The van der Waals surface area contributed by atoms with Crippen molar-refractivity contribution >= 4 is 21.9 Å². The first kappa shape index (κ1) is 12.8. The Labute approximate surface area is 112 Å². The van der Waals surface area contributed by atoms with E-state index < -0.39 is 5.97 Å². The number of nitrogens with zero attached hydrogens (tertiary/aromatic N) is 1. The second-order valence-corrected chi connectivity index (χ2v) is 4.90. The van der Waals surface area contributed by atoms with Gasteiger partial charge in [-0.3, -0.25) is 0 Å². The van der Waals surface area contributed by atoms with E-state index in [9.17, 15) is 9.18 Å². The van der Waals surface area contributed by atoms with E-state index in [-0.39, 0.29) is 17.6 Å². The maximum absolute atomic E-state index is 12.9. The van der Waals surface area contributed by atoms with E-state index >= 15 is 0 Å². The topological polar surface area (TPSA) is 42.2 Å². The Morgan fingerprint density at radius 2 is 2.00 bits per heavy atom. The van der Waals surface area contributed by atoms with Gasteiger partial charge in [0.05, 0.1) is 6.04 Å². The van der Waals surface area contributed by atoms with E-state index in [2.05, 4.69) is 15.9 Å². The highest BCUT2D eigenvalue weighted by atomic mass is 79.9. The van der Waals surface area contributed by atoms with Crippen LogP contribution in [0, 0.1) is 5.82 Å². The molecule has 1 N–H and O–H groups in total. The van der Waals surface area contributed by atoms with Crippen molar-refractivity contribution in [3.8, 4) is 0 Å². The van der Waals surface area contributed by atoms with Gasteiger partial charge in [0.1, 0.15) is 11.5 Å². The number of carboxylic acids is 1. The third kappa shape index (κ3) is 2.46. The van der Waals surface area contributed by atoms with Gasteiger partial charge in [0, 0.05) is 10.7 Å². The lowest BCUT2D eigenvalue weighted by Crippen LogP contribution is -2.12. The largest absolute Gasteiger partial charge is 0.477 e. The molecule has 94 valence electrons. The molecule has 18 heavy (non-hydrogen) atoms. The maximum atomic E-state index is 12.9. The minimum absolute atomic E-state index is 0.178. The predicted molar refractivity (Wildman–Crippen MR) is 69.3 cm³/mol. The van der Waals surface area contributed by atoms with Crippen LogP contribution in [0.1, 0.15) is 29.0 Å². The quantitative estimate of drug-likeness (QED) is 0.939. The summed E-state index contributed by atoms with van der Waals surface area (Å²) in [5.74, 6) is -1.30. The summed E-state index contributed by atoms with van der Waals surface area (Å²) in [5.41, 5.74) is 1.04. The summed E-state index contributed by atoms with van der Waals surface area (Å²) in [6, 6.07) is 7.40. The van der Waals surface area contributed by atoms with Crippen LogP contribution in [0.25, 0.3) is 0 Å². The zero-order valence-corrected chi connectivity index (χ0v) is 11.2. The zero-order valence-electron chi connectivity index (χ0n) is 9.60. The molecule has 5 heteroatoms. The summed E-state index contributed by atoms with van der Waals surface area (Å²) in [7, 11) is 0. The molecule has 1 unspecified atom stereocenters. The van der Waals surface area contributed by atoms with E-state index in [0.717, 1.165) is 5.56 Å². The second-order valence-electron chi connectivity index (χ2n) is 3.98. The summed E-state index contributed by atoms with van der Waals surface area (Å²) in [4.78, 5) is 11.1. The van der Waals surface area contributed by atoms with Crippen molar-refractivity contribution in [3.05, 3.63) is 58.1 Å². The van der Waals surface area contributed by atoms with Crippen molar-refractivity contribution in [2.45, 2.75) is 13.0 Å². The number of aromatic carboxylic acids is 1. The third-order valence-corrected chi connectivity index (χ3v) is 3.24. The minimum atomic E-state index is -0.991. The van der Waals surface area contributed by atoms with Crippen molar-refractivity contribution in [2.24, 2.45) is 0 Å². The summed E-state index contributed by atoms with van der Waals surface area (Å²) in [6.45, 7) is 1.87. The van der Waals surface area contributed by atoms with Crippen LogP contribution in [0.2, 0.25) is 0 Å². The molecule has 2 rings (SSSR count). The van der Waals surface area contributed by atoms with Crippen molar-refractivity contribution < 1.29 is 14.3 Å². The number of aromatic nitrogens is 1. The number of carboxylic acid groups (broad SMARTS) is 1. The fourth-order valence-corrected chi connectivity index (χ4v) is 2.28. The van der Waals surface area contributed by atoms with Crippen LogP contribution in [-0.4, -0.2) is 15.6 Å². The lowest BCUT2D eigenvalue weighted by molar-refractivity contribution is 0.0684. The molecule has 0 aliphatic heterocycles. The van der Waals surface area contributed by atoms with E-state index in [0.29, 0.717) is 4.47 Å². The molecule has 0 saturated carbocycles. The second kappa shape index (κ2) is 4.94. The van der Waals surface area contributed by atoms with E-state index in [1.165, 1.54) is 12.1 Å². The third-order valence-electron chi connectivity index (χ3n) is 2.80. The summed E-state index contributed by atoms with van der Waals surface area (Å²) >= 11 is 3.26. The van der Waals surface area contributed by atoms with Gasteiger partial charge in [-0.2, -0.15) is 0 Å². The van der Waals surface area contributed by atoms with Crippen molar-refractivity contribution in [1.29, 1.82) is 0 Å². The molecule has 0 amide bonds. The molecule has 2 aromatic rings. The standard InChI is InChI=1S/C13H11BrFNO2/c1-8(9-2-4-11(15)5-3-9)16-7-10(14)6-12(16)13(17)18/h2-8H,1H3,(H,17,18). The average Bonchev–Trinajstić information content (AvgIpc) is 2.71. The fourth-order valence-electron chi connectivity index (χ4n) is 1.84. The highest BCUT2D eigenvalue weighted by Crippen LogP contribution is 2.24. The fraction of sp³-hybridized carbons (Fsp3) is 0.154. The van der Waals surface area contributed by atoms with Crippen LogP contribution >= 0.6 is 15.9 Å². The monoisotopic (exact) mass is 311 g/mol. The van der Waals surface area contributed by atoms with Crippen LogP contribution in [0.5, 0.6) is 0 Å². The maximum Gasteiger partial charge on any atom is 0.352 e. The number of benzene rings is 1. The van der Waals surface area contributed by atoms with Gasteiger partial charge in [0.25, 0.3) is 0 Å². The minimum Gasteiger partial charge on any atom is -0.477 e. The average molecular weight is 312 g/mol. The van der Waals surface area contributed by atoms with Gasteiger partial charge in [-0.05, 0) is 46.6 Å². The molecule has 1 aromatic carbocycles. The first-order valence-electron chi connectivity index (χ1n) is 5.35. The zero-order chi connectivity index (χ0) is 13.3. The molecule has 0 aliphatic carbocycles. The Morgan fingerprint density at radius 1 is 1.39 bits per heavy atom. The Morgan fingerprint density at radius 3 is 2.56 bits per heavy atom. The molecule has 3 nitrogen and oxygen atoms in total. The van der Waals surface area contributed by atoms with Crippen molar-refractivity contribution in [3.63, 3.8) is 0 Å². The number of carbonyl (C=O) groups is 1. The first-order valence-corrected chi connectivity index (χ1v) is 6.14. The van der Waals surface area contributed by atoms with Gasteiger partial charge >= 0.3 is 5.97 Å². The molecule has 0 radical (unpaired) electrons. The SMILES string of the molecule is CC(c1ccc(F)cc1)n1cc(Br)cc1C(=O)O. The van der Waals surface area contributed by atoms with E-state index in [1.54, 1.807) is 29.0 Å². The first-order chi connectivity index (χ1) is 8.49. The van der Waals surface area contributed by atoms with Gasteiger partial charge in [0.15, 0.2) is 0 Å². The van der Waals surface area contributed by atoms with Gasteiger partial charge in [-0.25, -0.2) is 9.18 Å². The number of halogens is 2.